The molecule has 1 saturated heterocycles. The molecule has 31 heavy (non-hydrogen) atoms. The zero-order valence-corrected chi connectivity index (χ0v) is 17.8. The number of carbonyl (C=O) groups excluding carboxylic acids is 3. The monoisotopic (exact) mass is 419 g/mol. The van der Waals surface area contributed by atoms with Gasteiger partial charge in [0, 0.05) is 30.3 Å². The maximum Gasteiger partial charge on any atom is 0.253 e. The Bertz CT molecular complexity index is 930. The number of benzene rings is 2. The van der Waals surface area contributed by atoms with E-state index in [1.165, 1.54) is 0 Å². The Hall–Kier alpha value is -3.15. The van der Waals surface area contributed by atoms with Crippen LogP contribution in [-0.4, -0.2) is 47.8 Å². The molecular weight excluding hydrogens is 390 g/mol. The first-order valence-electron chi connectivity index (χ1n) is 11.0. The molecule has 1 atom stereocenters. The van der Waals surface area contributed by atoms with Crippen LogP contribution in [-0.2, 0) is 4.79 Å². The molecule has 1 aliphatic heterocycles. The van der Waals surface area contributed by atoms with Crippen molar-refractivity contribution in [2.24, 2.45) is 5.92 Å². The highest BCUT2D eigenvalue weighted by atomic mass is 16.2. The smallest absolute Gasteiger partial charge is 0.253 e. The van der Waals surface area contributed by atoms with Gasteiger partial charge in [-0.25, -0.2) is 0 Å². The number of piperidine rings is 1. The van der Waals surface area contributed by atoms with Gasteiger partial charge in [-0.3, -0.25) is 14.4 Å². The Morgan fingerprint density at radius 2 is 1.52 bits per heavy atom. The van der Waals surface area contributed by atoms with E-state index in [9.17, 15) is 14.4 Å². The minimum Gasteiger partial charge on any atom is -0.352 e. The minimum absolute atomic E-state index is 0.00651. The fourth-order valence-corrected chi connectivity index (χ4v) is 4.04. The Kier molecular flexibility index (Phi) is 6.35. The third-order valence-corrected chi connectivity index (χ3v) is 6.13. The van der Waals surface area contributed by atoms with Gasteiger partial charge in [0.15, 0.2) is 0 Å². The summed E-state index contributed by atoms with van der Waals surface area (Å²) in [5.41, 5.74) is 2.30. The van der Waals surface area contributed by atoms with E-state index >= 15 is 0 Å². The second-order valence-corrected chi connectivity index (χ2v) is 8.60. The fraction of sp³-hybridized carbons (Fsp3) is 0.400. The molecule has 0 radical (unpaired) electrons. The molecule has 2 fully saturated rings. The highest BCUT2D eigenvalue weighted by Crippen LogP contribution is 2.25. The zero-order chi connectivity index (χ0) is 21.8. The number of carbonyl (C=O) groups is 3. The Balaban J connectivity index is 1.42. The number of hydrogen-bond acceptors (Lipinski definition) is 3. The molecule has 162 valence electrons. The largest absolute Gasteiger partial charge is 0.352 e. The van der Waals surface area contributed by atoms with E-state index < -0.39 is 6.04 Å². The SMILES string of the molecule is Cc1ccc(C(=O)NC(C(=O)NC2CC2)C2CCN(C(=O)c3ccccc3)CC2)cc1. The van der Waals surface area contributed by atoms with Crippen LogP contribution in [0.1, 0.15) is 52.0 Å². The molecule has 2 N–H and O–H groups in total. The van der Waals surface area contributed by atoms with Crippen molar-refractivity contribution in [3.8, 4) is 0 Å². The molecule has 0 aromatic heterocycles. The summed E-state index contributed by atoms with van der Waals surface area (Å²) in [6, 6.07) is 16.2. The lowest BCUT2D eigenvalue weighted by Crippen LogP contribution is -2.54. The lowest BCUT2D eigenvalue weighted by atomic mass is 9.88. The molecule has 1 saturated carbocycles. The first kappa shape index (κ1) is 21.1. The van der Waals surface area contributed by atoms with Crippen LogP contribution in [0.3, 0.4) is 0 Å². The summed E-state index contributed by atoms with van der Waals surface area (Å²) in [5, 5.41) is 6.02. The van der Waals surface area contributed by atoms with Crippen molar-refractivity contribution in [3.05, 3.63) is 71.3 Å². The maximum absolute atomic E-state index is 12.9. The molecule has 2 aliphatic rings. The van der Waals surface area contributed by atoms with Gasteiger partial charge in [0.2, 0.25) is 5.91 Å². The van der Waals surface area contributed by atoms with Crippen molar-refractivity contribution in [1.82, 2.24) is 15.5 Å². The number of rotatable bonds is 6. The number of nitrogens with zero attached hydrogens (tertiary/aromatic N) is 1. The maximum atomic E-state index is 12.9. The van der Waals surface area contributed by atoms with Crippen LogP contribution in [0, 0.1) is 12.8 Å². The van der Waals surface area contributed by atoms with Gasteiger partial charge in [-0.05, 0) is 62.8 Å². The molecule has 4 rings (SSSR count). The summed E-state index contributed by atoms with van der Waals surface area (Å²) in [7, 11) is 0. The molecule has 0 spiro atoms. The molecule has 6 heteroatoms. The van der Waals surface area contributed by atoms with Gasteiger partial charge in [-0.1, -0.05) is 35.9 Å². The molecule has 1 aliphatic carbocycles. The van der Waals surface area contributed by atoms with Crippen LogP contribution < -0.4 is 10.6 Å². The predicted octanol–water partition coefficient (Wildman–Crippen LogP) is 2.92. The first-order valence-corrected chi connectivity index (χ1v) is 11.0. The first-order chi connectivity index (χ1) is 15.0. The number of hydrogen-bond donors (Lipinski definition) is 2. The molecular formula is C25H29N3O3. The number of amides is 3. The van der Waals surface area contributed by atoms with Crippen molar-refractivity contribution < 1.29 is 14.4 Å². The van der Waals surface area contributed by atoms with E-state index in [1.807, 2.05) is 54.3 Å². The summed E-state index contributed by atoms with van der Waals surface area (Å²) in [5.74, 6) is -0.343. The van der Waals surface area contributed by atoms with Gasteiger partial charge >= 0.3 is 0 Å². The van der Waals surface area contributed by atoms with Crippen LogP contribution in [0.25, 0.3) is 0 Å². The summed E-state index contributed by atoms with van der Waals surface area (Å²) in [6.45, 7) is 3.12. The highest BCUT2D eigenvalue weighted by molar-refractivity contribution is 5.98. The highest BCUT2D eigenvalue weighted by Gasteiger charge is 2.36. The lowest BCUT2D eigenvalue weighted by Gasteiger charge is -2.36. The molecule has 2 aromatic rings. The topological polar surface area (TPSA) is 78.5 Å². The van der Waals surface area contributed by atoms with Crippen LogP contribution in [0.2, 0.25) is 0 Å². The second kappa shape index (κ2) is 9.33. The number of aryl methyl sites for hydroxylation is 1. The van der Waals surface area contributed by atoms with E-state index in [-0.39, 0.29) is 29.7 Å². The van der Waals surface area contributed by atoms with E-state index in [4.69, 9.17) is 0 Å². The Labute approximate surface area is 183 Å². The standard InChI is InChI=1S/C25H29N3O3/c1-17-7-9-19(10-8-17)23(29)27-22(24(30)26-21-11-12-21)18-13-15-28(16-14-18)25(31)20-5-3-2-4-6-20/h2-10,18,21-22H,11-16H2,1H3,(H,26,30)(H,27,29). The third kappa shape index (κ3) is 5.32. The van der Waals surface area contributed by atoms with Gasteiger partial charge in [0.05, 0.1) is 0 Å². The molecule has 0 bridgehead atoms. The lowest BCUT2D eigenvalue weighted by molar-refractivity contribution is -0.124. The van der Waals surface area contributed by atoms with Gasteiger partial charge in [-0.2, -0.15) is 0 Å². The predicted molar refractivity (Wildman–Crippen MR) is 119 cm³/mol. The van der Waals surface area contributed by atoms with Crippen molar-refractivity contribution >= 4 is 17.7 Å². The van der Waals surface area contributed by atoms with E-state index in [1.54, 1.807) is 12.1 Å². The summed E-state index contributed by atoms with van der Waals surface area (Å²) >= 11 is 0. The summed E-state index contributed by atoms with van der Waals surface area (Å²) < 4.78 is 0. The third-order valence-electron chi connectivity index (χ3n) is 6.13. The van der Waals surface area contributed by atoms with Crippen molar-refractivity contribution in [2.75, 3.05) is 13.1 Å². The van der Waals surface area contributed by atoms with Gasteiger partial charge in [0.1, 0.15) is 6.04 Å². The molecule has 2 aromatic carbocycles. The minimum atomic E-state index is -0.594. The Morgan fingerprint density at radius 1 is 0.871 bits per heavy atom. The number of nitrogens with one attached hydrogen (secondary N) is 2. The van der Waals surface area contributed by atoms with E-state index in [0.717, 1.165) is 18.4 Å². The van der Waals surface area contributed by atoms with Crippen LogP contribution in [0.15, 0.2) is 54.6 Å². The van der Waals surface area contributed by atoms with Crippen LogP contribution in [0.5, 0.6) is 0 Å². The van der Waals surface area contributed by atoms with Gasteiger partial charge in [-0.15, -0.1) is 0 Å². The van der Waals surface area contributed by atoms with E-state index in [2.05, 4.69) is 10.6 Å². The van der Waals surface area contributed by atoms with Crippen LogP contribution >= 0.6 is 0 Å². The summed E-state index contributed by atoms with van der Waals surface area (Å²) in [4.78, 5) is 40.3. The average molecular weight is 420 g/mol. The van der Waals surface area contributed by atoms with Gasteiger partial charge < -0.3 is 15.5 Å². The normalized spacial score (nSPS) is 17.6. The van der Waals surface area contributed by atoms with Crippen molar-refractivity contribution in [3.63, 3.8) is 0 Å². The van der Waals surface area contributed by atoms with Crippen molar-refractivity contribution in [2.45, 2.75) is 44.7 Å². The van der Waals surface area contributed by atoms with E-state index in [0.29, 0.717) is 37.1 Å². The molecule has 3 amide bonds. The number of likely N-dealkylation sites (tertiary alicyclic amines) is 1. The van der Waals surface area contributed by atoms with Crippen molar-refractivity contribution in [1.29, 1.82) is 0 Å². The molecule has 1 unspecified atom stereocenters. The van der Waals surface area contributed by atoms with Gasteiger partial charge in [0.25, 0.3) is 11.8 Å². The average Bonchev–Trinajstić information content (AvgIpc) is 3.62. The fourth-order valence-electron chi connectivity index (χ4n) is 4.04. The second-order valence-electron chi connectivity index (χ2n) is 8.60. The summed E-state index contributed by atoms with van der Waals surface area (Å²) in [6.07, 6.45) is 3.34. The molecule has 1 heterocycles. The Morgan fingerprint density at radius 3 is 2.13 bits per heavy atom. The molecule has 6 nitrogen and oxygen atoms in total. The zero-order valence-electron chi connectivity index (χ0n) is 17.8. The quantitative estimate of drug-likeness (QED) is 0.756. The van der Waals surface area contributed by atoms with Crippen LogP contribution in [0.4, 0.5) is 0 Å².